The summed E-state index contributed by atoms with van der Waals surface area (Å²) in [7, 11) is 0. The summed E-state index contributed by atoms with van der Waals surface area (Å²) < 4.78 is 5.48. The number of H-pyrrole nitrogens is 1. The van der Waals surface area contributed by atoms with Crippen molar-refractivity contribution in [3.8, 4) is 11.3 Å². The lowest BCUT2D eigenvalue weighted by Crippen LogP contribution is -2.40. The molecular weight excluding hydrogens is 240 g/mol. The van der Waals surface area contributed by atoms with Gasteiger partial charge in [-0.2, -0.15) is 0 Å². The Morgan fingerprint density at radius 2 is 2.21 bits per heavy atom. The van der Waals surface area contributed by atoms with E-state index in [0.717, 1.165) is 41.3 Å². The first kappa shape index (κ1) is 10.8. The predicted octanol–water partition coefficient (Wildman–Crippen LogP) is 2.21. The molecule has 5 heteroatoms. The molecule has 0 atom stereocenters. The molecule has 3 heterocycles. The summed E-state index contributed by atoms with van der Waals surface area (Å²) in [6.07, 6.45) is 1.89. The van der Waals surface area contributed by atoms with Gasteiger partial charge in [0, 0.05) is 31.5 Å². The van der Waals surface area contributed by atoms with Crippen molar-refractivity contribution in [3.63, 3.8) is 0 Å². The van der Waals surface area contributed by atoms with Crippen molar-refractivity contribution in [2.75, 3.05) is 13.1 Å². The molecule has 2 aromatic heterocycles. The standard InChI is InChI=1S/C14H14N4O/c1-8-17-11-4-9(2-3-13(11)19-8)12-7-16-14(18-12)10-5-15-6-10/h2-4,7,10,15H,5-6H2,1H3,(H,16,18). The third-order valence-corrected chi connectivity index (χ3v) is 3.57. The molecule has 1 aliphatic rings. The molecule has 0 unspecified atom stereocenters. The third kappa shape index (κ3) is 1.74. The minimum atomic E-state index is 0.520. The van der Waals surface area contributed by atoms with Gasteiger partial charge in [0.1, 0.15) is 11.3 Å². The first-order valence-corrected chi connectivity index (χ1v) is 6.43. The summed E-state index contributed by atoms with van der Waals surface area (Å²) in [5.74, 6) is 2.27. The van der Waals surface area contributed by atoms with Gasteiger partial charge < -0.3 is 14.7 Å². The van der Waals surface area contributed by atoms with Crippen LogP contribution in [0.2, 0.25) is 0 Å². The molecule has 0 aliphatic carbocycles. The van der Waals surface area contributed by atoms with Crippen molar-refractivity contribution in [3.05, 3.63) is 36.1 Å². The maximum atomic E-state index is 5.48. The van der Waals surface area contributed by atoms with E-state index in [2.05, 4.69) is 20.3 Å². The van der Waals surface area contributed by atoms with E-state index in [1.807, 2.05) is 31.3 Å². The summed E-state index contributed by atoms with van der Waals surface area (Å²) in [6, 6.07) is 6.02. The lowest BCUT2D eigenvalue weighted by atomic mass is 10.0. The minimum absolute atomic E-state index is 0.520. The Bertz CT molecular complexity index is 739. The fourth-order valence-corrected chi connectivity index (χ4v) is 2.38. The Hall–Kier alpha value is -2.14. The Balaban J connectivity index is 1.74. The van der Waals surface area contributed by atoms with E-state index in [-0.39, 0.29) is 0 Å². The maximum Gasteiger partial charge on any atom is 0.192 e. The zero-order valence-electron chi connectivity index (χ0n) is 10.6. The van der Waals surface area contributed by atoms with Crippen molar-refractivity contribution in [1.29, 1.82) is 0 Å². The summed E-state index contributed by atoms with van der Waals surface area (Å²) in [4.78, 5) is 12.2. The zero-order chi connectivity index (χ0) is 12.8. The van der Waals surface area contributed by atoms with Crippen LogP contribution in [-0.2, 0) is 0 Å². The van der Waals surface area contributed by atoms with Gasteiger partial charge in [-0.05, 0) is 18.2 Å². The van der Waals surface area contributed by atoms with E-state index < -0.39 is 0 Å². The van der Waals surface area contributed by atoms with E-state index >= 15 is 0 Å². The van der Waals surface area contributed by atoms with Gasteiger partial charge in [-0.15, -0.1) is 0 Å². The van der Waals surface area contributed by atoms with Gasteiger partial charge >= 0.3 is 0 Å². The zero-order valence-corrected chi connectivity index (χ0v) is 10.6. The predicted molar refractivity (Wildman–Crippen MR) is 71.9 cm³/mol. The largest absolute Gasteiger partial charge is 0.441 e. The van der Waals surface area contributed by atoms with Gasteiger partial charge in [-0.3, -0.25) is 0 Å². The van der Waals surface area contributed by atoms with Crippen molar-refractivity contribution < 1.29 is 4.42 Å². The van der Waals surface area contributed by atoms with Crippen molar-refractivity contribution in [2.24, 2.45) is 0 Å². The van der Waals surface area contributed by atoms with Crippen LogP contribution in [0.25, 0.3) is 22.4 Å². The molecule has 0 bridgehead atoms. The highest BCUT2D eigenvalue weighted by molar-refractivity contribution is 5.79. The number of fused-ring (bicyclic) bond motifs is 1. The number of nitrogens with zero attached hydrogens (tertiary/aromatic N) is 2. The molecule has 1 aromatic carbocycles. The number of oxazole rings is 1. The quantitative estimate of drug-likeness (QED) is 0.735. The van der Waals surface area contributed by atoms with E-state index in [0.29, 0.717) is 11.8 Å². The van der Waals surface area contributed by atoms with Gasteiger partial charge in [0.05, 0.1) is 11.9 Å². The Labute approximate surface area is 110 Å². The van der Waals surface area contributed by atoms with Crippen LogP contribution in [0, 0.1) is 6.92 Å². The first-order valence-electron chi connectivity index (χ1n) is 6.43. The molecule has 4 rings (SSSR count). The number of rotatable bonds is 2. The minimum Gasteiger partial charge on any atom is -0.441 e. The van der Waals surface area contributed by atoms with Gasteiger partial charge in [0.25, 0.3) is 0 Å². The molecule has 1 fully saturated rings. The number of hydrogen-bond donors (Lipinski definition) is 2. The lowest BCUT2D eigenvalue weighted by molar-refractivity contribution is 0.433. The number of aromatic nitrogens is 3. The molecule has 0 radical (unpaired) electrons. The number of hydrogen-bond acceptors (Lipinski definition) is 4. The number of nitrogens with one attached hydrogen (secondary N) is 2. The van der Waals surface area contributed by atoms with Gasteiger partial charge in [-0.25, -0.2) is 9.97 Å². The Morgan fingerprint density at radius 1 is 1.32 bits per heavy atom. The second kappa shape index (κ2) is 3.93. The maximum absolute atomic E-state index is 5.48. The summed E-state index contributed by atoms with van der Waals surface area (Å²) >= 11 is 0. The summed E-state index contributed by atoms with van der Waals surface area (Å²) in [5.41, 5.74) is 3.83. The topological polar surface area (TPSA) is 66.7 Å². The average molecular weight is 254 g/mol. The van der Waals surface area contributed by atoms with Crippen LogP contribution in [0.3, 0.4) is 0 Å². The smallest absolute Gasteiger partial charge is 0.192 e. The van der Waals surface area contributed by atoms with Crippen LogP contribution in [0.4, 0.5) is 0 Å². The fraction of sp³-hybridized carbons (Fsp3) is 0.286. The van der Waals surface area contributed by atoms with Crippen LogP contribution in [-0.4, -0.2) is 28.0 Å². The van der Waals surface area contributed by atoms with E-state index in [1.165, 1.54) is 0 Å². The SMILES string of the molecule is Cc1nc2cc(-c3cnc(C4CNC4)[nH]3)ccc2o1. The van der Waals surface area contributed by atoms with Crippen LogP contribution < -0.4 is 5.32 Å². The molecule has 2 N–H and O–H groups in total. The van der Waals surface area contributed by atoms with Crippen molar-refractivity contribution in [2.45, 2.75) is 12.8 Å². The highest BCUT2D eigenvalue weighted by Crippen LogP contribution is 2.25. The highest BCUT2D eigenvalue weighted by Gasteiger charge is 2.21. The van der Waals surface area contributed by atoms with E-state index in [4.69, 9.17) is 4.42 Å². The molecule has 5 nitrogen and oxygen atoms in total. The van der Waals surface area contributed by atoms with Crippen molar-refractivity contribution >= 4 is 11.1 Å². The van der Waals surface area contributed by atoms with Gasteiger partial charge in [0.2, 0.25) is 0 Å². The second-order valence-corrected chi connectivity index (χ2v) is 4.95. The third-order valence-electron chi connectivity index (χ3n) is 3.57. The molecule has 1 saturated heterocycles. The molecule has 96 valence electrons. The van der Waals surface area contributed by atoms with E-state index in [9.17, 15) is 0 Å². The summed E-state index contributed by atoms with van der Waals surface area (Å²) in [5, 5.41) is 3.25. The van der Waals surface area contributed by atoms with Gasteiger partial charge in [-0.1, -0.05) is 0 Å². The number of aromatic amines is 1. The summed E-state index contributed by atoms with van der Waals surface area (Å²) in [6.45, 7) is 3.88. The molecule has 0 amide bonds. The fourth-order valence-electron chi connectivity index (χ4n) is 2.38. The van der Waals surface area contributed by atoms with E-state index in [1.54, 1.807) is 0 Å². The first-order chi connectivity index (χ1) is 9.29. The molecule has 19 heavy (non-hydrogen) atoms. The van der Waals surface area contributed by atoms with Crippen LogP contribution >= 0.6 is 0 Å². The molecular formula is C14H14N4O. The molecule has 0 spiro atoms. The van der Waals surface area contributed by atoms with Gasteiger partial charge in [0.15, 0.2) is 11.5 Å². The number of benzene rings is 1. The molecule has 3 aromatic rings. The Morgan fingerprint density at radius 3 is 3.00 bits per heavy atom. The normalized spacial score (nSPS) is 15.8. The van der Waals surface area contributed by atoms with Crippen LogP contribution in [0.15, 0.2) is 28.8 Å². The monoisotopic (exact) mass is 254 g/mol. The highest BCUT2D eigenvalue weighted by atomic mass is 16.3. The van der Waals surface area contributed by atoms with Crippen molar-refractivity contribution in [1.82, 2.24) is 20.3 Å². The molecule has 0 saturated carbocycles. The average Bonchev–Trinajstić information content (AvgIpc) is 2.91. The van der Waals surface area contributed by atoms with Crippen LogP contribution in [0.1, 0.15) is 17.6 Å². The lowest BCUT2D eigenvalue weighted by Gasteiger charge is -2.24. The van der Waals surface area contributed by atoms with Crippen LogP contribution in [0.5, 0.6) is 0 Å². The molecule has 1 aliphatic heterocycles. The second-order valence-electron chi connectivity index (χ2n) is 4.95. The Kier molecular flexibility index (Phi) is 2.22. The number of aryl methyl sites for hydroxylation is 1. The number of imidazole rings is 1.